The fraction of sp³-hybridized carbons (Fsp3) is 0.0400. The van der Waals surface area contributed by atoms with Crippen LogP contribution in [0.15, 0.2) is 91.1 Å². The Balaban J connectivity index is 1.39. The van der Waals surface area contributed by atoms with Crippen molar-refractivity contribution in [2.75, 3.05) is 7.11 Å². The molecule has 164 valence electrons. The van der Waals surface area contributed by atoms with Gasteiger partial charge in [-0.3, -0.25) is 4.79 Å². The molecular formula is C25H15BrO7. The quantitative estimate of drug-likeness (QED) is 0.203. The molecule has 0 bridgehead atoms. The first-order chi connectivity index (χ1) is 16.0. The van der Waals surface area contributed by atoms with Crippen molar-refractivity contribution < 1.29 is 27.8 Å². The van der Waals surface area contributed by atoms with Gasteiger partial charge < -0.3 is 23.0 Å². The summed E-state index contributed by atoms with van der Waals surface area (Å²) >= 11 is 3.38. The van der Waals surface area contributed by atoms with Crippen molar-refractivity contribution in [2.24, 2.45) is 0 Å². The van der Waals surface area contributed by atoms with Crippen LogP contribution < -0.4 is 19.6 Å². The van der Waals surface area contributed by atoms with Gasteiger partial charge in [0.15, 0.2) is 0 Å². The Morgan fingerprint density at radius 3 is 2.61 bits per heavy atom. The van der Waals surface area contributed by atoms with Crippen molar-refractivity contribution in [1.82, 2.24) is 0 Å². The smallest absolute Gasteiger partial charge is 0.379 e. The van der Waals surface area contributed by atoms with Crippen LogP contribution in [0.1, 0.15) is 10.6 Å². The zero-order valence-corrected chi connectivity index (χ0v) is 18.7. The third-order valence-corrected chi connectivity index (χ3v) is 5.37. The Labute approximate surface area is 195 Å². The summed E-state index contributed by atoms with van der Waals surface area (Å²) in [4.78, 5) is 25.4. The Kier molecular flexibility index (Phi) is 5.35. The van der Waals surface area contributed by atoms with Gasteiger partial charge in [-0.1, -0.05) is 22.0 Å². The lowest BCUT2D eigenvalue weighted by Crippen LogP contribution is -2.08. The van der Waals surface area contributed by atoms with Gasteiger partial charge in [-0.15, -0.1) is 0 Å². The lowest BCUT2D eigenvalue weighted by atomic mass is 10.2. The van der Waals surface area contributed by atoms with Crippen LogP contribution in [0, 0.1) is 0 Å². The molecule has 5 aromatic rings. The molecule has 2 aromatic heterocycles. The summed E-state index contributed by atoms with van der Waals surface area (Å²) in [5.74, 6) is 0.659. The first kappa shape index (κ1) is 20.8. The van der Waals surface area contributed by atoms with Gasteiger partial charge in [0.2, 0.25) is 16.9 Å². The van der Waals surface area contributed by atoms with Crippen LogP contribution in [0.4, 0.5) is 0 Å². The number of benzene rings is 3. The van der Waals surface area contributed by atoms with Gasteiger partial charge >= 0.3 is 5.97 Å². The van der Waals surface area contributed by atoms with E-state index in [-0.39, 0.29) is 33.7 Å². The molecule has 0 fully saturated rings. The standard InChI is InChI=1S/C25H15BrO7/c1-29-16-3-2-4-17(11-16)31-23-13-30-21-12-18(6-7-19(21)24(23)27)32-25(28)22-10-14-9-15(26)5-8-20(14)33-22/h2-13H,1H3. The number of hydrogen-bond donors (Lipinski definition) is 0. The van der Waals surface area contributed by atoms with E-state index in [1.165, 1.54) is 24.5 Å². The summed E-state index contributed by atoms with van der Waals surface area (Å²) in [6.07, 6.45) is 1.22. The van der Waals surface area contributed by atoms with Crippen molar-refractivity contribution in [1.29, 1.82) is 0 Å². The second-order valence-electron chi connectivity index (χ2n) is 7.05. The van der Waals surface area contributed by atoms with Crippen molar-refractivity contribution in [3.63, 3.8) is 0 Å². The molecule has 0 unspecified atom stereocenters. The number of fused-ring (bicyclic) bond motifs is 2. The summed E-state index contributed by atoms with van der Waals surface area (Å²) in [6, 6.07) is 18.4. The molecule has 0 saturated carbocycles. The van der Waals surface area contributed by atoms with E-state index in [1.54, 1.807) is 43.5 Å². The summed E-state index contributed by atoms with van der Waals surface area (Å²) in [7, 11) is 1.54. The molecule has 5 rings (SSSR count). The summed E-state index contributed by atoms with van der Waals surface area (Å²) in [5.41, 5.74) is 0.454. The first-order valence-corrected chi connectivity index (χ1v) is 10.6. The van der Waals surface area contributed by atoms with Crippen LogP contribution >= 0.6 is 15.9 Å². The van der Waals surface area contributed by atoms with Crippen molar-refractivity contribution in [3.05, 3.63) is 93.4 Å². The molecule has 0 amide bonds. The minimum Gasteiger partial charge on any atom is -0.497 e. The minimum absolute atomic E-state index is 0.0222. The van der Waals surface area contributed by atoms with Crippen LogP contribution in [0.25, 0.3) is 21.9 Å². The molecule has 0 N–H and O–H groups in total. The molecule has 0 atom stereocenters. The lowest BCUT2D eigenvalue weighted by Gasteiger charge is -2.08. The van der Waals surface area contributed by atoms with Crippen LogP contribution in [0.3, 0.4) is 0 Å². The largest absolute Gasteiger partial charge is 0.497 e. The van der Waals surface area contributed by atoms with E-state index in [0.717, 1.165) is 9.86 Å². The number of carbonyl (C=O) groups excluding carboxylic acids is 1. The molecule has 0 aliphatic heterocycles. The van der Waals surface area contributed by atoms with Gasteiger partial charge in [0, 0.05) is 22.0 Å². The number of carbonyl (C=O) groups is 1. The number of esters is 1. The number of furan rings is 1. The second-order valence-corrected chi connectivity index (χ2v) is 7.97. The molecule has 0 aliphatic rings. The van der Waals surface area contributed by atoms with Crippen LogP contribution in [0.5, 0.6) is 23.0 Å². The van der Waals surface area contributed by atoms with Crippen molar-refractivity contribution in [2.45, 2.75) is 0 Å². The predicted octanol–water partition coefficient (Wildman–Crippen LogP) is 6.32. The highest BCUT2D eigenvalue weighted by atomic mass is 79.9. The molecular weight excluding hydrogens is 492 g/mol. The SMILES string of the molecule is COc1cccc(Oc2coc3cc(OC(=O)c4cc5cc(Br)ccc5o4)ccc3c2=O)c1. The third-order valence-electron chi connectivity index (χ3n) is 4.87. The molecule has 0 spiro atoms. The Hall–Kier alpha value is -4.04. The number of rotatable bonds is 5. The van der Waals surface area contributed by atoms with E-state index < -0.39 is 5.97 Å². The van der Waals surface area contributed by atoms with E-state index in [2.05, 4.69) is 15.9 Å². The van der Waals surface area contributed by atoms with Gasteiger partial charge in [0.1, 0.15) is 34.7 Å². The maximum absolute atomic E-state index is 12.8. The summed E-state index contributed by atoms with van der Waals surface area (Å²) in [5, 5.41) is 1.05. The van der Waals surface area contributed by atoms with Crippen LogP contribution in [-0.4, -0.2) is 13.1 Å². The van der Waals surface area contributed by atoms with Gasteiger partial charge in [0.05, 0.1) is 12.5 Å². The van der Waals surface area contributed by atoms with Crippen LogP contribution in [0.2, 0.25) is 0 Å². The average Bonchev–Trinajstić information content (AvgIpc) is 3.24. The maximum Gasteiger partial charge on any atom is 0.379 e. The monoisotopic (exact) mass is 506 g/mol. The zero-order chi connectivity index (χ0) is 22.9. The number of hydrogen-bond acceptors (Lipinski definition) is 7. The second kappa shape index (κ2) is 8.48. The molecule has 7 nitrogen and oxygen atoms in total. The van der Waals surface area contributed by atoms with E-state index in [4.69, 9.17) is 23.0 Å². The molecule has 8 heteroatoms. The average molecular weight is 507 g/mol. The summed E-state index contributed by atoms with van der Waals surface area (Å²) in [6.45, 7) is 0. The molecule has 2 heterocycles. The first-order valence-electron chi connectivity index (χ1n) is 9.79. The van der Waals surface area contributed by atoms with Crippen molar-refractivity contribution in [3.8, 4) is 23.0 Å². The van der Waals surface area contributed by atoms with Gasteiger partial charge in [-0.2, -0.15) is 0 Å². The van der Waals surface area contributed by atoms with Crippen LogP contribution in [-0.2, 0) is 0 Å². The normalized spacial score (nSPS) is 11.0. The Morgan fingerprint density at radius 2 is 1.76 bits per heavy atom. The molecule has 0 saturated heterocycles. The third kappa shape index (κ3) is 4.20. The highest BCUT2D eigenvalue weighted by Crippen LogP contribution is 2.28. The Morgan fingerprint density at radius 1 is 0.909 bits per heavy atom. The van der Waals surface area contributed by atoms with Gasteiger partial charge in [-0.25, -0.2) is 4.79 Å². The zero-order valence-electron chi connectivity index (χ0n) is 17.2. The molecule has 3 aromatic carbocycles. The van der Waals surface area contributed by atoms with E-state index in [0.29, 0.717) is 17.1 Å². The van der Waals surface area contributed by atoms with Gasteiger partial charge in [-0.05, 0) is 48.5 Å². The Bertz CT molecular complexity index is 1560. The lowest BCUT2D eigenvalue weighted by molar-refractivity contribution is 0.0704. The number of ether oxygens (including phenoxy) is 3. The van der Waals surface area contributed by atoms with E-state index in [9.17, 15) is 9.59 Å². The topological polar surface area (TPSA) is 88.1 Å². The highest BCUT2D eigenvalue weighted by molar-refractivity contribution is 9.10. The molecule has 0 aliphatic carbocycles. The number of halogens is 1. The molecule has 0 radical (unpaired) electrons. The van der Waals surface area contributed by atoms with E-state index >= 15 is 0 Å². The predicted molar refractivity (Wildman–Crippen MR) is 124 cm³/mol. The highest BCUT2D eigenvalue weighted by Gasteiger charge is 2.17. The fourth-order valence-electron chi connectivity index (χ4n) is 3.29. The minimum atomic E-state index is -0.665. The van der Waals surface area contributed by atoms with Crippen molar-refractivity contribution >= 4 is 43.8 Å². The summed E-state index contributed by atoms with van der Waals surface area (Å²) < 4.78 is 28.2. The maximum atomic E-state index is 12.8. The molecule has 33 heavy (non-hydrogen) atoms. The van der Waals surface area contributed by atoms with Gasteiger partial charge in [0.25, 0.3) is 0 Å². The number of methoxy groups -OCH3 is 1. The fourth-order valence-corrected chi connectivity index (χ4v) is 3.67. The van der Waals surface area contributed by atoms with E-state index in [1.807, 2.05) is 12.1 Å².